The maximum atomic E-state index is 3.54. The molecule has 0 bridgehead atoms. The molecule has 0 saturated heterocycles. The minimum Gasteiger partial charge on any atom is -0.354 e. The second kappa shape index (κ2) is 5.87. The lowest BCUT2D eigenvalue weighted by atomic mass is 10.3. The molecule has 0 radical (unpaired) electrons. The van der Waals surface area contributed by atoms with Gasteiger partial charge in [0.1, 0.15) is 0 Å². The van der Waals surface area contributed by atoms with Gasteiger partial charge in [0.2, 0.25) is 0 Å². The molecule has 1 N–H and O–H groups in total. The summed E-state index contributed by atoms with van der Waals surface area (Å²) in [6.07, 6.45) is 0. The minimum atomic E-state index is 0.999. The van der Waals surface area contributed by atoms with Gasteiger partial charge in [-0.25, -0.2) is 0 Å². The number of anilines is 2. The highest BCUT2D eigenvalue weighted by Crippen LogP contribution is 2.36. The zero-order valence-corrected chi connectivity index (χ0v) is 14.8. The van der Waals surface area contributed by atoms with Crippen molar-refractivity contribution in [2.45, 2.75) is 0 Å². The smallest absolute Gasteiger partial charge is 0.0673 e. The summed E-state index contributed by atoms with van der Waals surface area (Å²) in [6, 6.07) is 12.0. The monoisotopic (exact) mass is 481 g/mol. The van der Waals surface area contributed by atoms with Crippen molar-refractivity contribution in [3.05, 3.63) is 54.3 Å². The summed E-state index contributed by atoms with van der Waals surface area (Å²) in [5.41, 5.74) is 2.04. The van der Waals surface area contributed by atoms with E-state index in [1.165, 1.54) is 0 Å². The van der Waals surface area contributed by atoms with Crippen molar-refractivity contribution in [3.63, 3.8) is 0 Å². The van der Waals surface area contributed by atoms with E-state index >= 15 is 0 Å². The number of halogens is 4. The molecule has 0 amide bonds. The van der Waals surface area contributed by atoms with Crippen LogP contribution in [0.5, 0.6) is 0 Å². The summed E-state index contributed by atoms with van der Waals surface area (Å²) in [5, 5.41) is 3.36. The molecule has 0 aliphatic rings. The van der Waals surface area contributed by atoms with E-state index in [9.17, 15) is 0 Å². The van der Waals surface area contributed by atoms with Crippen LogP contribution in [0, 0.1) is 0 Å². The lowest BCUT2D eigenvalue weighted by molar-refractivity contribution is 1.47. The first-order chi connectivity index (χ1) is 8.06. The summed E-state index contributed by atoms with van der Waals surface area (Å²) in [7, 11) is 0. The van der Waals surface area contributed by atoms with Crippen LogP contribution in [0.2, 0.25) is 0 Å². The van der Waals surface area contributed by atoms with E-state index in [0.717, 1.165) is 29.3 Å². The van der Waals surface area contributed by atoms with Crippen molar-refractivity contribution in [3.8, 4) is 0 Å². The van der Waals surface area contributed by atoms with E-state index in [0.29, 0.717) is 0 Å². The Morgan fingerprint density at radius 2 is 1.41 bits per heavy atom. The third-order valence-corrected chi connectivity index (χ3v) is 4.30. The van der Waals surface area contributed by atoms with Crippen LogP contribution in [0.4, 0.5) is 11.4 Å². The summed E-state index contributed by atoms with van der Waals surface area (Å²) in [5.74, 6) is 0. The van der Waals surface area contributed by atoms with Crippen molar-refractivity contribution >= 4 is 75.1 Å². The molecule has 0 fully saturated rings. The zero-order chi connectivity index (χ0) is 12.4. The van der Waals surface area contributed by atoms with Gasteiger partial charge in [-0.2, -0.15) is 0 Å². The van der Waals surface area contributed by atoms with E-state index in [1.54, 1.807) is 0 Å². The molecule has 0 heterocycles. The van der Waals surface area contributed by atoms with Crippen LogP contribution >= 0.6 is 63.7 Å². The number of hydrogen-bond donors (Lipinski definition) is 1. The highest BCUT2D eigenvalue weighted by atomic mass is 79.9. The van der Waals surface area contributed by atoms with Gasteiger partial charge in [-0.1, -0.05) is 37.9 Å². The van der Waals surface area contributed by atoms with Crippen molar-refractivity contribution < 1.29 is 0 Å². The normalized spacial score (nSPS) is 10.4. The Morgan fingerprint density at radius 1 is 0.765 bits per heavy atom. The van der Waals surface area contributed by atoms with E-state index in [4.69, 9.17) is 0 Å². The highest BCUT2D eigenvalue weighted by molar-refractivity contribution is 9.11. The molecule has 2 aromatic rings. The van der Waals surface area contributed by atoms with Crippen LogP contribution in [0.3, 0.4) is 0 Å². The highest BCUT2D eigenvalue weighted by Gasteiger charge is 2.07. The molecule has 2 rings (SSSR count). The summed E-state index contributed by atoms with van der Waals surface area (Å²) in [6.45, 7) is 0. The summed E-state index contributed by atoms with van der Waals surface area (Å²) < 4.78 is 4.07. The first-order valence-corrected chi connectivity index (χ1v) is 7.90. The third-order valence-electron chi connectivity index (χ3n) is 2.10. The van der Waals surface area contributed by atoms with Crippen LogP contribution in [-0.2, 0) is 0 Å². The molecular weight excluding hydrogens is 478 g/mol. The van der Waals surface area contributed by atoms with Crippen LogP contribution in [0.15, 0.2) is 54.3 Å². The van der Waals surface area contributed by atoms with E-state index in [2.05, 4.69) is 69.0 Å². The zero-order valence-electron chi connectivity index (χ0n) is 8.48. The largest absolute Gasteiger partial charge is 0.354 e. The Kier molecular flexibility index (Phi) is 4.69. The van der Waals surface area contributed by atoms with Crippen molar-refractivity contribution in [2.24, 2.45) is 0 Å². The van der Waals surface area contributed by atoms with E-state index in [1.807, 2.05) is 36.4 Å². The molecule has 2 aromatic carbocycles. The van der Waals surface area contributed by atoms with Gasteiger partial charge in [-0.15, -0.1) is 0 Å². The summed E-state index contributed by atoms with van der Waals surface area (Å²) >= 11 is 14.0. The minimum absolute atomic E-state index is 0.999. The van der Waals surface area contributed by atoms with Gasteiger partial charge < -0.3 is 5.32 Å². The SMILES string of the molecule is Brc1cccc(Nc2c(Br)cc(Br)cc2Br)c1. The molecule has 0 spiro atoms. The second-order valence-corrected chi connectivity index (χ2v) is 6.92. The lowest BCUT2D eigenvalue weighted by Gasteiger charge is -2.11. The molecule has 0 aliphatic heterocycles. The van der Waals surface area contributed by atoms with Crippen molar-refractivity contribution in [1.29, 1.82) is 0 Å². The molecule has 1 nitrogen and oxygen atoms in total. The van der Waals surface area contributed by atoms with Crippen molar-refractivity contribution in [2.75, 3.05) is 5.32 Å². The maximum Gasteiger partial charge on any atom is 0.0673 e. The molecule has 0 aromatic heterocycles. The second-order valence-electron chi connectivity index (χ2n) is 3.38. The first kappa shape index (κ1) is 13.6. The standard InChI is InChI=1S/C12H7Br4N/c13-7-2-1-3-9(4-7)17-12-10(15)5-8(14)6-11(12)16/h1-6,17H. The van der Waals surface area contributed by atoms with Gasteiger partial charge in [0, 0.05) is 23.6 Å². The van der Waals surface area contributed by atoms with Crippen LogP contribution in [-0.4, -0.2) is 0 Å². The number of hydrogen-bond acceptors (Lipinski definition) is 1. The molecule has 0 unspecified atom stereocenters. The fourth-order valence-electron chi connectivity index (χ4n) is 1.37. The number of rotatable bonds is 2. The van der Waals surface area contributed by atoms with Crippen LogP contribution < -0.4 is 5.32 Å². The van der Waals surface area contributed by atoms with Crippen molar-refractivity contribution in [1.82, 2.24) is 0 Å². The van der Waals surface area contributed by atoms with Gasteiger partial charge in [0.25, 0.3) is 0 Å². The fourth-order valence-corrected chi connectivity index (χ4v) is 4.23. The summed E-state index contributed by atoms with van der Waals surface area (Å²) in [4.78, 5) is 0. The van der Waals surface area contributed by atoms with Gasteiger partial charge in [0.15, 0.2) is 0 Å². The third kappa shape index (κ3) is 3.56. The van der Waals surface area contributed by atoms with Gasteiger partial charge in [-0.3, -0.25) is 0 Å². The average molecular weight is 485 g/mol. The van der Waals surface area contributed by atoms with Crippen LogP contribution in [0.1, 0.15) is 0 Å². The van der Waals surface area contributed by atoms with E-state index in [-0.39, 0.29) is 0 Å². The Balaban J connectivity index is 2.36. The predicted octanol–water partition coefficient (Wildman–Crippen LogP) is 6.48. The average Bonchev–Trinajstić information content (AvgIpc) is 2.23. The predicted molar refractivity (Wildman–Crippen MR) is 87.0 cm³/mol. The topological polar surface area (TPSA) is 12.0 Å². The molecule has 0 aliphatic carbocycles. The van der Waals surface area contributed by atoms with Gasteiger partial charge >= 0.3 is 0 Å². The quantitative estimate of drug-likeness (QED) is 0.514. The van der Waals surface area contributed by atoms with Crippen LogP contribution in [0.25, 0.3) is 0 Å². The number of nitrogens with one attached hydrogen (secondary N) is 1. The van der Waals surface area contributed by atoms with E-state index < -0.39 is 0 Å². The molecule has 0 saturated carbocycles. The number of benzene rings is 2. The van der Waals surface area contributed by atoms with Gasteiger partial charge in [-0.05, 0) is 62.2 Å². The fraction of sp³-hybridized carbons (Fsp3) is 0. The molecule has 5 heteroatoms. The Labute approximate surface area is 134 Å². The molecule has 0 atom stereocenters. The molecule has 88 valence electrons. The molecule has 17 heavy (non-hydrogen) atoms. The Hall–Kier alpha value is 0.160. The van der Waals surface area contributed by atoms with Gasteiger partial charge in [0.05, 0.1) is 5.69 Å². The Bertz CT molecular complexity index is 531. The molecular formula is C12H7Br4N. The Morgan fingerprint density at radius 3 is 2.00 bits per heavy atom. The maximum absolute atomic E-state index is 3.54. The first-order valence-electron chi connectivity index (χ1n) is 4.73. The lowest BCUT2D eigenvalue weighted by Crippen LogP contribution is -1.92.